The fourth-order valence-corrected chi connectivity index (χ4v) is 9.30. The first-order chi connectivity index (χ1) is 18.1. The van der Waals surface area contributed by atoms with Crippen molar-refractivity contribution in [2.24, 2.45) is 0 Å². The number of rotatable bonds is 7. The van der Waals surface area contributed by atoms with Crippen molar-refractivity contribution in [2.75, 3.05) is 12.3 Å². The molecule has 0 fully saturated rings. The van der Waals surface area contributed by atoms with Gasteiger partial charge in [-0.2, -0.15) is 0 Å². The average Bonchev–Trinajstić information content (AvgIpc) is 2.94. The van der Waals surface area contributed by atoms with E-state index in [9.17, 15) is 43.9 Å². The van der Waals surface area contributed by atoms with Gasteiger partial charge in [-0.3, -0.25) is 0 Å². The highest BCUT2D eigenvalue weighted by Crippen LogP contribution is 2.44. The second-order valence-electron chi connectivity index (χ2n) is 7.81. The second-order valence-corrected chi connectivity index (χ2v) is 12.3. The maximum atomic E-state index is 14.8. The Balaban J connectivity index is 1.88. The molecule has 0 spiro atoms. The van der Waals surface area contributed by atoms with E-state index >= 15 is 0 Å². The first-order valence-corrected chi connectivity index (χ1v) is 13.8. The van der Waals surface area contributed by atoms with Crippen molar-refractivity contribution >= 4 is 37.1 Å². The van der Waals surface area contributed by atoms with E-state index in [2.05, 4.69) is 0 Å². The Bertz CT molecular complexity index is 1310. The number of halogens is 10. The van der Waals surface area contributed by atoms with E-state index in [4.69, 9.17) is 0 Å². The Kier molecular flexibility index (Phi) is 8.43. The lowest BCUT2D eigenvalue weighted by molar-refractivity contribution is 0.384. The SMILES string of the molecule is Fc1c(F)c(F)c(P(CCP(c2ccccc2)c2c(F)c(F)c(F)c(F)c2F)c2ccccc2)c(F)c1F. The predicted molar refractivity (Wildman–Crippen MR) is 127 cm³/mol. The Morgan fingerprint density at radius 2 is 0.579 bits per heavy atom. The molecular weight excluding hydrogens is 564 g/mol. The van der Waals surface area contributed by atoms with Crippen LogP contribution in [0, 0.1) is 58.2 Å². The van der Waals surface area contributed by atoms with Crippen molar-refractivity contribution in [2.45, 2.75) is 0 Å². The number of hydrogen-bond donors (Lipinski definition) is 0. The molecule has 2 unspecified atom stereocenters. The maximum absolute atomic E-state index is 14.8. The summed E-state index contributed by atoms with van der Waals surface area (Å²) in [6.07, 6.45) is -0.810. The average molecular weight is 578 g/mol. The molecule has 198 valence electrons. The maximum Gasteiger partial charge on any atom is 0.200 e. The first kappa shape index (κ1) is 28.1. The van der Waals surface area contributed by atoms with Crippen molar-refractivity contribution in [3.8, 4) is 0 Å². The minimum atomic E-state index is -2.38. The van der Waals surface area contributed by atoms with Gasteiger partial charge in [-0.15, -0.1) is 0 Å². The van der Waals surface area contributed by atoms with Gasteiger partial charge in [-0.25, -0.2) is 43.9 Å². The van der Waals surface area contributed by atoms with Gasteiger partial charge in [0, 0.05) is 0 Å². The molecule has 0 N–H and O–H groups in total. The van der Waals surface area contributed by atoms with Crippen molar-refractivity contribution in [3.63, 3.8) is 0 Å². The van der Waals surface area contributed by atoms with E-state index < -0.39 is 96.9 Å². The molecule has 0 aliphatic carbocycles. The van der Waals surface area contributed by atoms with Crippen molar-refractivity contribution in [1.82, 2.24) is 0 Å². The van der Waals surface area contributed by atoms with E-state index in [1.165, 1.54) is 48.5 Å². The lowest BCUT2D eigenvalue weighted by atomic mass is 10.3. The third-order valence-electron chi connectivity index (χ3n) is 5.60. The van der Waals surface area contributed by atoms with E-state index in [0.29, 0.717) is 0 Å². The van der Waals surface area contributed by atoms with E-state index in [1.807, 2.05) is 0 Å². The number of hydrogen-bond acceptors (Lipinski definition) is 0. The summed E-state index contributed by atoms with van der Waals surface area (Å²) < 4.78 is 143. The first-order valence-electron chi connectivity index (χ1n) is 10.7. The van der Waals surface area contributed by atoms with Crippen LogP contribution in [0.25, 0.3) is 0 Å². The fourth-order valence-electron chi connectivity index (χ4n) is 3.82. The van der Waals surface area contributed by atoms with Crippen LogP contribution < -0.4 is 21.2 Å². The number of benzene rings is 4. The molecule has 0 nitrogen and oxygen atoms in total. The topological polar surface area (TPSA) is 0 Å². The fraction of sp³-hybridized carbons (Fsp3) is 0.0769. The Morgan fingerprint density at radius 3 is 0.842 bits per heavy atom. The van der Waals surface area contributed by atoms with Crippen LogP contribution in [0.1, 0.15) is 0 Å². The smallest absolute Gasteiger partial charge is 0.200 e. The van der Waals surface area contributed by atoms with Gasteiger partial charge in [0.15, 0.2) is 46.5 Å². The highest BCUT2D eigenvalue weighted by Gasteiger charge is 2.34. The van der Waals surface area contributed by atoms with Gasteiger partial charge >= 0.3 is 0 Å². The van der Waals surface area contributed by atoms with Crippen LogP contribution in [0.3, 0.4) is 0 Å². The zero-order valence-corrected chi connectivity index (χ0v) is 20.7. The zero-order valence-electron chi connectivity index (χ0n) is 18.9. The Morgan fingerprint density at radius 1 is 0.342 bits per heavy atom. The summed E-state index contributed by atoms with van der Waals surface area (Å²) in [6, 6.07) is 14.4. The zero-order chi connectivity index (χ0) is 27.7. The van der Waals surface area contributed by atoms with Crippen molar-refractivity contribution in [3.05, 3.63) is 119 Å². The molecule has 38 heavy (non-hydrogen) atoms. The molecule has 4 rings (SSSR count). The molecule has 0 saturated carbocycles. The van der Waals surface area contributed by atoms with Crippen LogP contribution in [0.15, 0.2) is 60.7 Å². The summed E-state index contributed by atoms with van der Waals surface area (Å²) in [5, 5.41) is -1.87. The quantitative estimate of drug-likeness (QED) is 0.0999. The van der Waals surface area contributed by atoms with Crippen molar-refractivity contribution in [1.29, 1.82) is 0 Å². The molecule has 0 amide bonds. The standard InChI is InChI=1S/C26H14F10P2/c27-15-17(29)21(33)25(22(34)18(15)30)37(13-7-3-1-4-8-13)11-12-38(14-9-5-2-6-10-14)26-23(35)19(31)16(28)20(32)24(26)36/h1-10H,11-12H2. The molecule has 0 aliphatic heterocycles. The summed E-state index contributed by atoms with van der Waals surface area (Å²) in [4.78, 5) is 0. The minimum Gasteiger partial charge on any atom is -0.203 e. The van der Waals surface area contributed by atoms with Gasteiger partial charge in [0.1, 0.15) is 0 Å². The Labute approximate surface area is 212 Å². The molecule has 4 aromatic carbocycles. The lowest BCUT2D eigenvalue weighted by Crippen LogP contribution is -2.28. The van der Waals surface area contributed by atoms with Crippen LogP contribution in [0.2, 0.25) is 0 Å². The third kappa shape index (κ3) is 5.04. The summed E-state index contributed by atoms with van der Waals surface area (Å²) in [6.45, 7) is 0. The molecule has 4 aromatic rings. The molecule has 2 atom stereocenters. The molecule has 0 bridgehead atoms. The predicted octanol–water partition coefficient (Wildman–Crippen LogP) is 6.64. The third-order valence-corrected chi connectivity index (χ3v) is 11.0. The van der Waals surface area contributed by atoms with Crippen LogP contribution in [0.5, 0.6) is 0 Å². The van der Waals surface area contributed by atoms with Gasteiger partial charge in [-0.1, -0.05) is 60.7 Å². The van der Waals surface area contributed by atoms with E-state index in [0.717, 1.165) is 0 Å². The molecule has 0 saturated heterocycles. The largest absolute Gasteiger partial charge is 0.203 e. The van der Waals surface area contributed by atoms with Gasteiger partial charge in [0.05, 0.1) is 10.6 Å². The van der Waals surface area contributed by atoms with Crippen LogP contribution >= 0.6 is 15.8 Å². The monoisotopic (exact) mass is 578 g/mol. The van der Waals surface area contributed by atoms with E-state index in [-0.39, 0.29) is 10.6 Å². The Hall–Kier alpha value is -2.96. The summed E-state index contributed by atoms with van der Waals surface area (Å²) >= 11 is 0. The van der Waals surface area contributed by atoms with Gasteiger partial charge in [-0.05, 0) is 38.8 Å². The second kappa shape index (κ2) is 11.4. The molecule has 0 aromatic heterocycles. The van der Waals surface area contributed by atoms with E-state index in [1.54, 1.807) is 12.1 Å². The molecule has 0 aliphatic rings. The van der Waals surface area contributed by atoms with Crippen LogP contribution in [-0.2, 0) is 0 Å². The lowest BCUT2D eigenvalue weighted by Gasteiger charge is -2.25. The molecule has 0 heterocycles. The molecule has 0 radical (unpaired) electrons. The summed E-state index contributed by atoms with van der Waals surface area (Å²) in [7, 11) is -4.76. The highest BCUT2D eigenvalue weighted by molar-refractivity contribution is 7.76. The van der Waals surface area contributed by atoms with Gasteiger partial charge in [0.25, 0.3) is 0 Å². The van der Waals surface area contributed by atoms with Gasteiger partial charge < -0.3 is 0 Å². The minimum absolute atomic E-state index is 0.172. The molecular formula is C26H14F10P2. The summed E-state index contributed by atoms with van der Waals surface area (Å²) in [5.74, 6) is -21.6. The van der Waals surface area contributed by atoms with Crippen LogP contribution in [0.4, 0.5) is 43.9 Å². The van der Waals surface area contributed by atoms with Gasteiger partial charge in [0.2, 0.25) is 11.6 Å². The van der Waals surface area contributed by atoms with Crippen LogP contribution in [-0.4, -0.2) is 12.3 Å². The van der Waals surface area contributed by atoms with Crippen molar-refractivity contribution < 1.29 is 43.9 Å². The normalized spacial score (nSPS) is 13.0. The highest BCUT2D eigenvalue weighted by atomic mass is 31.1. The summed E-state index contributed by atoms with van der Waals surface area (Å²) in [5.41, 5.74) is 0. The molecule has 12 heteroatoms.